The van der Waals surface area contributed by atoms with Gasteiger partial charge in [-0.2, -0.15) is 0 Å². The van der Waals surface area contributed by atoms with Crippen molar-refractivity contribution in [1.29, 1.82) is 0 Å². The highest BCUT2D eigenvalue weighted by molar-refractivity contribution is 7.11. The van der Waals surface area contributed by atoms with Gasteiger partial charge in [0.1, 0.15) is 7.05 Å². The van der Waals surface area contributed by atoms with E-state index >= 15 is 0 Å². The summed E-state index contributed by atoms with van der Waals surface area (Å²) in [5, 5.41) is 0. The lowest BCUT2D eigenvalue weighted by molar-refractivity contribution is -0.660. The number of aromatic nitrogens is 1. The number of rotatable bonds is 5. The fraction of sp³-hybridized carbons (Fsp3) is 0.239. The zero-order valence-corrected chi connectivity index (χ0v) is 30.8. The molecule has 2 heterocycles. The minimum absolute atomic E-state index is 0.144. The Labute approximate surface area is 295 Å². The van der Waals surface area contributed by atoms with E-state index in [0.717, 1.165) is 6.42 Å². The molecule has 0 saturated carbocycles. The lowest BCUT2D eigenvalue weighted by Gasteiger charge is -2.36. The van der Waals surface area contributed by atoms with E-state index in [1.165, 1.54) is 88.5 Å². The van der Waals surface area contributed by atoms with Gasteiger partial charge in [-0.25, -0.2) is 4.57 Å². The van der Waals surface area contributed by atoms with E-state index in [0.29, 0.717) is 0 Å². The summed E-state index contributed by atoms with van der Waals surface area (Å²) < 4.78 is 2.31. The van der Waals surface area contributed by atoms with Crippen LogP contribution in [0.2, 0.25) is 0 Å². The molecule has 0 fully saturated rings. The highest BCUT2D eigenvalue weighted by Gasteiger charge is 2.42. The molecule has 1 nitrogen and oxygen atoms in total. The summed E-state index contributed by atoms with van der Waals surface area (Å²) in [5.41, 5.74) is 22.1. The number of benzene rings is 5. The standard InChI is InChI=1S/C46H48B2N/c1-30-16-15-17-31(2)43(30)48-40-21-14-13-20-39(40)47(44-32(3)26-37(27-33(44)4)36-18-11-10-12-19-36)41-23-22-38(34(5)45(41)48)42-28-35(24-25-49(42)9)29-46(6,7)8/h10-28H,29H2,1-9H3/q+1. The average Bonchev–Trinajstić information content (AvgIpc) is 3.06. The molecule has 3 heteroatoms. The van der Waals surface area contributed by atoms with E-state index in [-0.39, 0.29) is 18.8 Å². The van der Waals surface area contributed by atoms with Gasteiger partial charge < -0.3 is 0 Å². The first kappa shape index (κ1) is 32.9. The SMILES string of the molecule is Cc1cc(-c2ccccc2)cc(C)c1B1c2ccccc2B(c2c(C)cccc2C)c2c1ccc(-c1cc(CC(C)(C)C)cc[n+]1C)c2C. The van der Waals surface area contributed by atoms with Crippen molar-refractivity contribution in [3.63, 3.8) is 0 Å². The second-order valence-corrected chi connectivity index (χ2v) is 15.7. The van der Waals surface area contributed by atoms with Crippen LogP contribution in [-0.4, -0.2) is 13.4 Å². The number of fused-ring (bicyclic) bond motifs is 2. The zero-order valence-electron chi connectivity index (χ0n) is 30.8. The number of hydrogen-bond donors (Lipinski definition) is 0. The second kappa shape index (κ2) is 12.7. The smallest absolute Gasteiger partial charge is 0.201 e. The van der Waals surface area contributed by atoms with Gasteiger partial charge in [-0.3, -0.25) is 0 Å². The minimum Gasteiger partial charge on any atom is -0.201 e. The summed E-state index contributed by atoms with van der Waals surface area (Å²) >= 11 is 0. The minimum atomic E-state index is 0.144. The molecular formula is C46H48B2N+. The molecule has 0 aliphatic carbocycles. The van der Waals surface area contributed by atoms with Crippen LogP contribution in [0.15, 0.2) is 115 Å². The van der Waals surface area contributed by atoms with E-state index in [4.69, 9.17) is 0 Å². The van der Waals surface area contributed by atoms with Crippen molar-refractivity contribution in [2.45, 2.75) is 61.8 Å². The molecule has 0 N–H and O–H groups in total. The van der Waals surface area contributed by atoms with Gasteiger partial charge in [0.15, 0.2) is 6.20 Å². The molecule has 7 rings (SSSR count). The first-order valence-corrected chi connectivity index (χ1v) is 17.9. The molecule has 1 aliphatic rings. The van der Waals surface area contributed by atoms with Crippen LogP contribution in [0.1, 0.15) is 54.2 Å². The van der Waals surface area contributed by atoms with Crippen LogP contribution in [0.5, 0.6) is 0 Å². The van der Waals surface area contributed by atoms with Gasteiger partial charge in [-0.15, -0.1) is 0 Å². The molecule has 0 spiro atoms. The fourth-order valence-corrected chi connectivity index (χ4v) is 8.75. The van der Waals surface area contributed by atoms with E-state index in [2.05, 4.69) is 182 Å². The predicted octanol–water partition coefficient (Wildman–Crippen LogP) is 6.32. The molecule has 0 radical (unpaired) electrons. The van der Waals surface area contributed by atoms with E-state index in [1.807, 2.05) is 0 Å². The first-order chi connectivity index (χ1) is 23.4. The maximum Gasteiger partial charge on any atom is 0.241 e. The van der Waals surface area contributed by atoms with Crippen molar-refractivity contribution in [3.05, 3.63) is 149 Å². The van der Waals surface area contributed by atoms with Crippen LogP contribution >= 0.6 is 0 Å². The van der Waals surface area contributed by atoms with Gasteiger partial charge in [0.05, 0.1) is 0 Å². The molecule has 0 bridgehead atoms. The van der Waals surface area contributed by atoms with Crippen LogP contribution in [0, 0.1) is 40.0 Å². The molecule has 1 aromatic heterocycles. The summed E-state index contributed by atoms with van der Waals surface area (Å²) in [6.45, 7) is 18.9. The summed E-state index contributed by atoms with van der Waals surface area (Å²) in [7, 11) is 2.19. The lowest BCUT2D eigenvalue weighted by atomic mass is 9.20. The Morgan fingerprint density at radius 1 is 0.531 bits per heavy atom. The van der Waals surface area contributed by atoms with E-state index in [1.54, 1.807) is 0 Å². The first-order valence-electron chi connectivity index (χ1n) is 17.9. The Morgan fingerprint density at radius 2 is 1.12 bits per heavy atom. The molecule has 0 unspecified atom stereocenters. The summed E-state index contributed by atoms with van der Waals surface area (Å²) in [4.78, 5) is 0. The van der Waals surface area contributed by atoms with Crippen LogP contribution in [0.4, 0.5) is 0 Å². The molecule has 49 heavy (non-hydrogen) atoms. The summed E-state index contributed by atoms with van der Waals surface area (Å²) in [6.07, 6.45) is 3.29. The molecule has 242 valence electrons. The molecule has 0 atom stereocenters. The molecular weight excluding hydrogens is 588 g/mol. The van der Waals surface area contributed by atoms with Crippen LogP contribution in [0.25, 0.3) is 22.4 Å². The van der Waals surface area contributed by atoms with Gasteiger partial charge in [0.25, 0.3) is 0 Å². The van der Waals surface area contributed by atoms with Crippen LogP contribution < -0.4 is 37.3 Å². The third-order valence-corrected chi connectivity index (χ3v) is 10.8. The topological polar surface area (TPSA) is 3.88 Å². The number of hydrogen-bond acceptors (Lipinski definition) is 0. The monoisotopic (exact) mass is 636 g/mol. The van der Waals surface area contributed by atoms with Crippen molar-refractivity contribution in [2.75, 3.05) is 0 Å². The molecule has 6 aromatic rings. The van der Waals surface area contributed by atoms with Gasteiger partial charge in [-0.1, -0.05) is 167 Å². The average molecular weight is 637 g/mol. The van der Waals surface area contributed by atoms with Crippen molar-refractivity contribution in [2.24, 2.45) is 12.5 Å². The van der Waals surface area contributed by atoms with Crippen molar-refractivity contribution in [3.8, 4) is 22.4 Å². The highest BCUT2D eigenvalue weighted by atomic mass is 14.9. The zero-order chi connectivity index (χ0) is 34.6. The van der Waals surface area contributed by atoms with E-state index < -0.39 is 0 Å². The van der Waals surface area contributed by atoms with Crippen molar-refractivity contribution < 1.29 is 4.57 Å². The quantitative estimate of drug-likeness (QED) is 0.154. The Morgan fingerprint density at radius 3 is 1.76 bits per heavy atom. The van der Waals surface area contributed by atoms with E-state index in [9.17, 15) is 0 Å². The molecule has 0 amide bonds. The summed E-state index contributed by atoms with van der Waals surface area (Å²) in [5.74, 6) is 0. The predicted molar refractivity (Wildman–Crippen MR) is 214 cm³/mol. The third kappa shape index (κ3) is 5.99. The third-order valence-electron chi connectivity index (χ3n) is 10.8. The molecule has 0 saturated heterocycles. The number of aryl methyl sites for hydroxylation is 5. The van der Waals surface area contributed by atoms with Crippen LogP contribution in [-0.2, 0) is 13.5 Å². The Hall–Kier alpha value is -4.62. The van der Waals surface area contributed by atoms with Gasteiger partial charge in [-0.05, 0) is 74.8 Å². The number of pyridine rings is 1. The Balaban J connectivity index is 1.52. The molecule has 1 aliphatic heterocycles. The van der Waals surface area contributed by atoms with Crippen molar-refractivity contribution >= 4 is 46.2 Å². The van der Waals surface area contributed by atoms with Gasteiger partial charge in [0, 0.05) is 17.7 Å². The lowest BCUT2D eigenvalue weighted by Crippen LogP contribution is -2.76. The highest BCUT2D eigenvalue weighted by Crippen LogP contribution is 2.26. The second-order valence-electron chi connectivity index (χ2n) is 15.7. The Bertz CT molecular complexity index is 2160. The van der Waals surface area contributed by atoms with Gasteiger partial charge >= 0.3 is 0 Å². The normalized spacial score (nSPS) is 12.6. The van der Waals surface area contributed by atoms with Crippen molar-refractivity contribution in [1.82, 2.24) is 0 Å². The van der Waals surface area contributed by atoms with Gasteiger partial charge in [0.2, 0.25) is 19.1 Å². The summed E-state index contributed by atoms with van der Waals surface area (Å²) in [6, 6.07) is 41.3. The number of nitrogens with zero attached hydrogens (tertiary/aromatic N) is 1. The fourth-order valence-electron chi connectivity index (χ4n) is 8.75. The largest absolute Gasteiger partial charge is 0.241 e. The Kier molecular flexibility index (Phi) is 8.52. The van der Waals surface area contributed by atoms with Crippen LogP contribution in [0.3, 0.4) is 0 Å². The molecule has 5 aromatic carbocycles. The maximum atomic E-state index is 2.47. The maximum absolute atomic E-state index is 2.47.